The Morgan fingerprint density at radius 2 is 2.00 bits per heavy atom. The van der Waals surface area contributed by atoms with Crippen molar-refractivity contribution in [2.75, 3.05) is 18.0 Å². The molecule has 2 aliphatic rings. The first-order chi connectivity index (χ1) is 12.8. The SMILES string of the molecule is N#Cc1coc(N2CCC(C(=O)N3N=CC[C@H]3c3ccccc3)CC2)n1. The lowest BCUT2D eigenvalue weighted by Gasteiger charge is -2.33. The van der Waals surface area contributed by atoms with Crippen LogP contribution < -0.4 is 4.90 Å². The second-order valence-electron chi connectivity index (χ2n) is 6.53. The van der Waals surface area contributed by atoms with Crippen molar-refractivity contribution < 1.29 is 9.21 Å². The third kappa shape index (κ3) is 3.06. The first kappa shape index (κ1) is 16.3. The summed E-state index contributed by atoms with van der Waals surface area (Å²) in [4.78, 5) is 19.1. The van der Waals surface area contributed by atoms with Gasteiger partial charge in [-0.2, -0.15) is 15.3 Å². The second-order valence-corrected chi connectivity index (χ2v) is 6.53. The van der Waals surface area contributed by atoms with Crippen LogP contribution in [-0.2, 0) is 4.79 Å². The molecule has 4 rings (SSSR count). The van der Waals surface area contributed by atoms with E-state index in [1.165, 1.54) is 6.26 Å². The van der Waals surface area contributed by atoms with Gasteiger partial charge in [-0.3, -0.25) is 4.79 Å². The Hall–Kier alpha value is -3.14. The average Bonchev–Trinajstić information content (AvgIpc) is 3.38. The zero-order valence-corrected chi connectivity index (χ0v) is 14.3. The van der Waals surface area contributed by atoms with Crippen LogP contribution in [0.1, 0.15) is 36.6 Å². The standard InChI is InChI=1S/C19H19N5O2/c20-12-16-13-26-19(22-16)23-10-7-15(8-11-23)18(25)24-17(6-9-21-24)14-4-2-1-3-5-14/h1-5,9,13,15,17H,6-8,10-11H2/t17-/m0/s1. The Kier molecular flexibility index (Phi) is 4.40. The topological polar surface area (TPSA) is 85.7 Å². The first-order valence-electron chi connectivity index (χ1n) is 8.77. The third-order valence-corrected chi connectivity index (χ3v) is 4.96. The minimum atomic E-state index is -0.0573. The van der Waals surface area contributed by atoms with E-state index in [1.54, 1.807) is 5.01 Å². The number of hydrogen-bond donors (Lipinski definition) is 0. The summed E-state index contributed by atoms with van der Waals surface area (Å²) in [6.45, 7) is 1.35. The fraction of sp³-hybridized carbons (Fsp3) is 0.368. The van der Waals surface area contributed by atoms with Crippen LogP contribution in [0.3, 0.4) is 0 Å². The summed E-state index contributed by atoms with van der Waals surface area (Å²) in [6.07, 6.45) is 5.37. The maximum absolute atomic E-state index is 13.0. The van der Waals surface area contributed by atoms with Crippen LogP contribution in [0.2, 0.25) is 0 Å². The molecule has 0 unspecified atom stereocenters. The largest absolute Gasteiger partial charge is 0.431 e. The quantitative estimate of drug-likeness (QED) is 0.850. The van der Waals surface area contributed by atoms with Crippen molar-refractivity contribution >= 4 is 18.1 Å². The van der Waals surface area contributed by atoms with Crippen molar-refractivity contribution in [2.24, 2.45) is 11.0 Å². The molecule has 1 amide bonds. The van der Waals surface area contributed by atoms with Gasteiger partial charge in [0.05, 0.1) is 6.04 Å². The number of carbonyl (C=O) groups is 1. The van der Waals surface area contributed by atoms with Crippen molar-refractivity contribution in [3.63, 3.8) is 0 Å². The van der Waals surface area contributed by atoms with Crippen LogP contribution in [0.25, 0.3) is 0 Å². The number of nitriles is 1. The van der Waals surface area contributed by atoms with E-state index in [-0.39, 0.29) is 23.6 Å². The highest BCUT2D eigenvalue weighted by Gasteiger charge is 2.35. The zero-order chi connectivity index (χ0) is 17.9. The predicted octanol–water partition coefficient (Wildman–Crippen LogP) is 2.72. The van der Waals surface area contributed by atoms with Crippen molar-refractivity contribution in [1.29, 1.82) is 5.26 Å². The molecular weight excluding hydrogens is 330 g/mol. The summed E-state index contributed by atoms with van der Waals surface area (Å²) in [5.74, 6) is 0.0236. The van der Waals surface area contributed by atoms with E-state index in [1.807, 2.05) is 47.5 Å². The molecule has 1 atom stereocenters. The fourth-order valence-electron chi connectivity index (χ4n) is 3.54. The van der Waals surface area contributed by atoms with Crippen LogP contribution in [0, 0.1) is 17.2 Å². The van der Waals surface area contributed by atoms with Gasteiger partial charge in [-0.05, 0) is 18.4 Å². The Balaban J connectivity index is 1.40. The molecule has 1 aromatic heterocycles. The first-order valence-corrected chi connectivity index (χ1v) is 8.77. The van der Waals surface area contributed by atoms with Gasteiger partial charge in [0.2, 0.25) is 5.91 Å². The van der Waals surface area contributed by atoms with Gasteiger partial charge in [-0.25, -0.2) is 5.01 Å². The van der Waals surface area contributed by atoms with Crippen LogP contribution >= 0.6 is 0 Å². The summed E-state index contributed by atoms with van der Waals surface area (Å²) in [5, 5.41) is 14.8. The number of anilines is 1. The van der Waals surface area contributed by atoms with E-state index in [0.29, 0.717) is 19.1 Å². The fourth-order valence-corrected chi connectivity index (χ4v) is 3.54. The molecule has 0 N–H and O–H groups in total. The Morgan fingerprint density at radius 1 is 1.23 bits per heavy atom. The number of benzene rings is 1. The lowest BCUT2D eigenvalue weighted by molar-refractivity contribution is -0.138. The van der Waals surface area contributed by atoms with Gasteiger partial charge in [0.15, 0.2) is 5.69 Å². The zero-order valence-electron chi connectivity index (χ0n) is 14.3. The molecule has 0 spiro atoms. The van der Waals surface area contributed by atoms with Crippen molar-refractivity contribution in [2.45, 2.75) is 25.3 Å². The molecule has 7 nitrogen and oxygen atoms in total. The number of amides is 1. The molecule has 26 heavy (non-hydrogen) atoms. The summed E-state index contributed by atoms with van der Waals surface area (Å²) in [7, 11) is 0. The maximum atomic E-state index is 13.0. The van der Waals surface area contributed by atoms with Gasteiger partial charge in [-0.1, -0.05) is 30.3 Å². The minimum absolute atomic E-state index is 0.00773. The van der Waals surface area contributed by atoms with Crippen LogP contribution in [0.5, 0.6) is 0 Å². The molecular formula is C19H19N5O2. The van der Waals surface area contributed by atoms with E-state index in [9.17, 15) is 4.79 Å². The predicted molar refractivity (Wildman–Crippen MR) is 95.3 cm³/mol. The molecule has 3 heterocycles. The highest BCUT2D eigenvalue weighted by Crippen LogP contribution is 2.32. The number of piperidine rings is 1. The van der Waals surface area contributed by atoms with Crippen molar-refractivity contribution in [1.82, 2.24) is 9.99 Å². The van der Waals surface area contributed by atoms with Gasteiger partial charge in [0.25, 0.3) is 6.01 Å². The number of carbonyl (C=O) groups excluding carboxylic acids is 1. The van der Waals surface area contributed by atoms with Crippen LogP contribution in [-0.4, -0.2) is 35.2 Å². The van der Waals surface area contributed by atoms with Crippen LogP contribution in [0.4, 0.5) is 6.01 Å². The summed E-state index contributed by atoms with van der Waals surface area (Å²) in [6, 6.07) is 12.4. The molecule has 0 bridgehead atoms. The lowest BCUT2D eigenvalue weighted by atomic mass is 9.94. The highest BCUT2D eigenvalue weighted by atomic mass is 16.4. The lowest BCUT2D eigenvalue weighted by Crippen LogP contribution is -2.41. The number of hydrazone groups is 1. The number of aromatic nitrogens is 1. The number of oxazole rings is 1. The molecule has 0 radical (unpaired) electrons. The minimum Gasteiger partial charge on any atom is -0.431 e. The molecule has 7 heteroatoms. The third-order valence-electron chi connectivity index (χ3n) is 4.96. The Morgan fingerprint density at radius 3 is 2.69 bits per heavy atom. The van der Waals surface area contributed by atoms with Gasteiger partial charge in [0, 0.05) is 31.6 Å². The number of nitrogens with zero attached hydrogens (tertiary/aromatic N) is 5. The van der Waals surface area contributed by atoms with Crippen LogP contribution in [0.15, 0.2) is 46.1 Å². The highest BCUT2D eigenvalue weighted by molar-refractivity contribution is 5.82. The molecule has 1 fully saturated rings. The van der Waals surface area contributed by atoms with E-state index >= 15 is 0 Å². The number of hydrogen-bond acceptors (Lipinski definition) is 6. The average molecular weight is 349 g/mol. The summed E-state index contributed by atoms with van der Waals surface area (Å²) < 4.78 is 5.34. The van der Waals surface area contributed by atoms with Gasteiger partial charge >= 0.3 is 0 Å². The summed E-state index contributed by atoms with van der Waals surface area (Å²) in [5.41, 5.74) is 1.38. The molecule has 2 aromatic rings. The van der Waals surface area contributed by atoms with Gasteiger partial charge in [0.1, 0.15) is 12.3 Å². The van der Waals surface area contributed by atoms with E-state index in [4.69, 9.17) is 9.68 Å². The van der Waals surface area contributed by atoms with E-state index in [2.05, 4.69) is 10.1 Å². The Bertz CT molecular complexity index is 846. The monoisotopic (exact) mass is 349 g/mol. The molecule has 0 saturated carbocycles. The van der Waals surface area contributed by atoms with Gasteiger partial charge < -0.3 is 9.32 Å². The van der Waals surface area contributed by atoms with Crippen molar-refractivity contribution in [3.8, 4) is 6.07 Å². The molecule has 1 saturated heterocycles. The smallest absolute Gasteiger partial charge is 0.298 e. The normalized spacial score (nSPS) is 20.3. The molecule has 132 valence electrons. The van der Waals surface area contributed by atoms with Crippen molar-refractivity contribution in [3.05, 3.63) is 47.9 Å². The maximum Gasteiger partial charge on any atom is 0.298 e. The molecule has 1 aromatic carbocycles. The molecule has 0 aliphatic carbocycles. The molecule has 2 aliphatic heterocycles. The van der Waals surface area contributed by atoms with E-state index < -0.39 is 0 Å². The van der Waals surface area contributed by atoms with Gasteiger partial charge in [-0.15, -0.1) is 0 Å². The Labute approximate surface area is 151 Å². The van der Waals surface area contributed by atoms with E-state index in [0.717, 1.165) is 24.8 Å². The second kappa shape index (κ2) is 7.00. The number of rotatable bonds is 3. The summed E-state index contributed by atoms with van der Waals surface area (Å²) >= 11 is 0.